The molecule has 3 N–H and O–H groups in total. The van der Waals surface area contributed by atoms with Gasteiger partial charge < -0.3 is 25.3 Å². The Kier molecular flexibility index (Phi) is 10.8. The van der Waals surface area contributed by atoms with Crippen LogP contribution in [-0.4, -0.2) is 95.1 Å². The summed E-state index contributed by atoms with van der Waals surface area (Å²) in [5.74, 6) is -1.30. The maximum absolute atomic E-state index is 14.3. The van der Waals surface area contributed by atoms with Gasteiger partial charge in [0.1, 0.15) is 23.2 Å². The summed E-state index contributed by atoms with van der Waals surface area (Å²) >= 11 is 0. The lowest BCUT2D eigenvalue weighted by Gasteiger charge is -2.36. The second-order valence-corrected chi connectivity index (χ2v) is 12.7. The third kappa shape index (κ3) is 8.82. The smallest absolute Gasteiger partial charge is 0.408 e. The van der Waals surface area contributed by atoms with Crippen molar-refractivity contribution < 1.29 is 23.9 Å². The van der Waals surface area contributed by atoms with Crippen LogP contribution in [0, 0.1) is 0 Å². The highest BCUT2D eigenvalue weighted by Gasteiger charge is 2.38. The van der Waals surface area contributed by atoms with E-state index < -0.39 is 41.1 Å². The van der Waals surface area contributed by atoms with Crippen LogP contribution < -0.4 is 10.6 Å². The van der Waals surface area contributed by atoms with E-state index in [0.717, 1.165) is 22.0 Å². The topological polar surface area (TPSA) is 127 Å². The fraction of sp³-hybridized carbons (Fsp3) is 0.455. The van der Waals surface area contributed by atoms with Crippen LogP contribution in [0.2, 0.25) is 0 Å². The van der Waals surface area contributed by atoms with E-state index in [1.54, 1.807) is 54.0 Å². The minimum Gasteiger partial charge on any atom is -0.444 e. The molecule has 11 nitrogen and oxygen atoms in total. The molecule has 0 spiro atoms. The number of nitrogens with one attached hydrogen (secondary N) is 3. The van der Waals surface area contributed by atoms with Crippen LogP contribution in [0.3, 0.4) is 0 Å². The number of aromatic amines is 1. The first-order valence-corrected chi connectivity index (χ1v) is 14.6. The summed E-state index contributed by atoms with van der Waals surface area (Å²) in [6.07, 6.45) is 1.49. The van der Waals surface area contributed by atoms with Crippen molar-refractivity contribution in [3.05, 3.63) is 71.9 Å². The first-order chi connectivity index (χ1) is 20.5. The number of amides is 4. The molecule has 0 aliphatic carbocycles. The molecule has 11 heteroatoms. The first kappa shape index (κ1) is 34.1. The average Bonchev–Trinajstić information content (AvgIpc) is 3.35. The van der Waals surface area contributed by atoms with Gasteiger partial charge in [0, 0.05) is 58.1 Å². The quantitative estimate of drug-likeness (QED) is 0.287. The molecule has 0 saturated heterocycles. The van der Waals surface area contributed by atoms with Gasteiger partial charge in [-0.3, -0.25) is 19.4 Å². The fourth-order valence-electron chi connectivity index (χ4n) is 4.71. The molecule has 0 radical (unpaired) electrons. The zero-order valence-corrected chi connectivity index (χ0v) is 27.2. The third-order valence-corrected chi connectivity index (χ3v) is 7.37. The van der Waals surface area contributed by atoms with Gasteiger partial charge in [0.15, 0.2) is 0 Å². The number of aromatic nitrogens is 1. The normalized spacial score (nSPS) is 13.2. The number of hydrogen-bond donors (Lipinski definition) is 3. The van der Waals surface area contributed by atoms with E-state index in [9.17, 15) is 19.2 Å². The monoisotopic (exact) mass is 606 g/mol. The second-order valence-electron chi connectivity index (χ2n) is 12.7. The van der Waals surface area contributed by atoms with Gasteiger partial charge in [-0.25, -0.2) is 9.80 Å². The maximum Gasteiger partial charge on any atom is 0.408 e. The van der Waals surface area contributed by atoms with Crippen molar-refractivity contribution in [3.8, 4) is 0 Å². The lowest BCUT2D eigenvalue weighted by molar-refractivity contribution is -0.153. The highest BCUT2D eigenvalue weighted by molar-refractivity contribution is 5.96. The Morgan fingerprint density at radius 2 is 1.45 bits per heavy atom. The molecular formula is C33H46N6O5. The summed E-state index contributed by atoms with van der Waals surface area (Å²) in [5, 5.41) is 9.49. The Bertz CT molecular complexity index is 1460. The molecule has 1 aromatic heterocycles. The zero-order valence-electron chi connectivity index (χ0n) is 27.2. The van der Waals surface area contributed by atoms with Gasteiger partial charge in [0.05, 0.1) is 0 Å². The molecule has 0 aliphatic rings. The number of hydrogen-bond acceptors (Lipinski definition) is 6. The molecule has 3 aromatic rings. The van der Waals surface area contributed by atoms with E-state index >= 15 is 0 Å². The number of nitrogens with zero attached hydrogens (tertiary/aromatic N) is 3. The van der Waals surface area contributed by atoms with Gasteiger partial charge in [0.2, 0.25) is 11.8 Å². The third-order valence-electron chi connectivity index (χ3n) is 7.37. The standard InChI is InChI=1S/C33H46N6O5/c1-32(2,3)44-31(43)36-33(4,5)30(42)35-26(20-23-21-34-25-18-14-13-17-24(23)25)28(40)38(8)27(29(41)39(9)37(6)7)19-22-15-11-10-12-16-22/h10-18,21,26-27,34H,19-20H2,1-9H3,(H,35,42)(H,36,43)/t26-,27-/m1/s1. The Labute approximate surface area is 259 Å². The van der Waals surface area contributed by atoms with Crippen LogP contribution in [0.25, 0.3) is 10.9 Å². The van der Waals surface area contributed by atoms with Crippen molar-refractivity contribution in [1.29, 1.82) is 0 Å². The summed E-state index contributed by atoms with van der Waals surface area (Å²) in [7, 11) is 6.72. The van der Waals surface area contributed by atoms with Crippen molar-refractivity contribution in [3.63, 3.8) is 0 Å². The largest absolute Gasteiger partial charge is 0.444 e. The van der Waals surface area contributed by atoms with Gasteiger partial charge in [0.25, 0.3) is 5.91 Å². The van der Waals surface area contributed by atoms with Gasteiger partial charge >= 0.3 is 6.09 Å². The number of para-hydroxylation sites is 1. The van der Waals surface area contributed by atoms with Crippen molar-refractivity contribution in [2.24, 2.45) is 0 Å². The molecule has 4 amide bonds. The van der Waals surface area contributed by atoms with Gasteiger partial charge in [-0.05, 0) is 51.8 Å². The van der Waals surface area contributed by atoms with Crippen molar-refractivity contribution in [1.82, 2.24) is 30.5 Å². The minimum atomic E-state index is -1.41. The molecule has 44 heavy (non-hydrogen) atoms. The average molecular weight is 607 g/mol. The summed E-state index contributed by atoms with van der Waals surface area (Å²) < 4.78 is 5.35. The first-order valence-electron chi connectivity index (χ1n) is 14.6. The number of carbonyl (C=O) groups is 4. The molecule has 238 valence electrons. The van der Waals surface area contributed by atoms with E-state index in [0.29, 0.717) is 0 Å². The molecular weight excluding hydrogens is 560 g/mol. The van der Waals surface area contributed by atoms with Crippen LogP contribution in [0.1, 0.15) is 45.7 Å². The molecule has 0 fully saturated rings. The predicted molar refractivity (Wildman–Crippen MR) is 171 cm³/mol. The Morgan fingerprint density at radius 1 is 0.841 bits per heavy atom. The van der Waals surface area contributed by atoms with E-state index in [1.807, 2.05) is 60.8 Å². The molecule has 0 bridgehead atoms. The number of rotatable bonds is 11. The Morgan fingerprint density at radius 3 is 2.07 bits per heavy atom. The van der Waals surface area contributed by atoms with Crippen LogP contribution >= 0.6 is 0 Å². The van der Waals surface area contributed by atoms with Crippen LogP contribution in [-0.2, 0) is 32.0 Å². The molecule has 3 rings (SSSR count). The number of hydrazine groups is 1. The lowest BCUT2D eigenvalue weighted by Crippen LogP contribution is -2.61. The Balaban J connectivity index is 1.96. The second kappa shape index (κ2) is 13.9. The highest BCUT2D eigenvalue weighted by atomic mass is 16.6. The number of H-pyrrole nitrogens is 1. The molecule has 1 heterocycles. The van der Waals surface area contributed by atoms with E-state index in [2.05, 4.69) is 15.6 Å². The van der Waals surface area contributed by atoms with E-state index in [1.165, 1.54) is 23.8 Å². The number of carbonyl (C=O) groups excluding carboxylic acids is 4. The van der Waals surface area contributed by atoms with E-state index in [-0.39, 0.29) is 18.7 Å². The van der Waals surface area contributed by atoms with Crippen molar-refractivity contribution in [2.75, 3.05) is 28.2 Å². The summed E-state index contributed by atoms with van der Waals surface area (Å²) in [6.45, 7) is 8.26. The van der Waals surface area contributed by atoms with Crippen molar-refractivity contribution >= 4 is 34.7 Å². The van der Waals surface area contributed by atoms with Gasteiger partial charge in [-0.2, -0.15) is 0 Å². The van der Waals surface area contributed by atoms with Gasteiger partial charge in [-0.1, -0.05) is 48.5 Å². The minimum absolute atomic E-state index is 0.150. The number of fused-ring (bicyclic) bond motifs is 1. The number of benzene rings is 2. The molecule has 0 aliphatic heterocycles. The summed E-state index contributed by atoms with van der Waals surface area (Å²) in [4.78, 5) is 58.8. The van der Waals surface area contributed by atoms with Crippen molar-refractivity contribution in [2.45, 2.75) is 70.7 Å². The number of ether oxygens (including phenoxy) is 1. The van der Waals surface area contributed by atoms with E-state index in [4.69, 9.17) is 4.74 Å². The Hall–Kier alpha value is -4.38. The number of alkyl carbamates (subject to hydrolysis) is 1. The SMILES string of the molecule is CN(C(=O)[C@@H](Cc1c[nH]c2ccccc12)NC(=O)C(C)(C)NC(=O)OC(C)(C)C)[C@H](Cc1ccccc1)C(=O)N(C)N(C)C. The molecule has 2 atom stereocenters. The van der Waals surface area contributed by atoms with Gasteiger partial charge in [-0.15, -0.1) is 0 Å². The van der Waals surface area contributed by atoms with Crippen LogP contribution in [0.4, 0.5) is 4.79 Å². The number of likely N-dealkylation sites (N-methyl/N-ethyl adjacent to an activating group) is 2. The zero-order chi connectivity index (χ0) is 32.8. The molecule has 0 saturated carbocycles. The lowest BCUT2D eigenvalue weighted by atomic mass is 9.98. The maximum atomic E-state index is 14.3. The highest BCUT2D eigenvalue weighted by Crippen LogP contribution is 2.21. The van der Waals surface area contributed by atoms with Crippen LogP contribution in [0.5, 0.6) is 0 Å². The summed E-state index contributed by atoms with van der Waals surface area (Å²) in [6, 6.07) is 15.2. The van der Waals surface area contributed by atoms with Crippen LogP contribution in [0.15, 0.2) is 60.8 Å². The predicted octanol–water partition coefficient (Wildman–Crippen LogP) is 3.50. The summed E-state index contributed by atoms with van der Waals surface area (Å²) in [5.41, 5.74) is 0.432. The fourth-order valence-corrected chi connectivity index (χ4v) is 4.71. The molecule has 0 unspecified atom stereocenters. The molecule has 2 aromatic carbocycles.